The van der Waals surface area contributed by atoms with Crippen LogP contribution in [0, 0.1) is 12.5 Å². The topological polar surface area (TPSA) is 41.7 Å². The van der Waals surface area contributed by atoms with Gasteiger partial charge in [-0.3, -0.25) is 4.79 Å². The smallest absolute Gasteiger partial charge is 0.306 e. The maximum Gasteiger partial charge on any atom is 0.306 e. The van der Waals surface area contributed by atoms with Gasteiger partial charge in [-0.15, -0.1) is 0 Å². The number of carboxylic acid groups (broad SMARTS) is 1. The van der Waals surface area contributed by atoms with Gasteiger partial charge in [0.15, 0.2) is 0 Å². The van der Waals surface area contributed by atoms with Crippen LogP contribution in [0.4, 0.5) is 0 Å². The van der Waals surface area contributed by atoms with Crippen LogP contribution >= 0.6 is 0 Å². The normalized spacial score (nSPS) is 12.0. The van der Waals surface area contributed by atoms with Crippen molar-refractivity contribution < 1.29 is 9.90 Å². The van der Waals surface area contributed by atoms with Crippen LogP contribution in [0.15, 0.2) is 0 Å². The van der Waals surface area contributed by atoms with E-state index in [1.807, 2.05) is 0 Å². The molecule has 0 aromatic heterocycles. The number of rotatable bonds is 5. The lowest BCUT2D eigenvalue weighted by molar-refractivity contribution is -0.141. The second-order valence-corrected chi connectivity index (χ2v) is 2.62. The van der Waals surface area contributed by atoms with E-state index in [1.54, 1.807) is 6.92 Å². The fourth-order valence-corrected chi connectivity index (χ4v) is 0.765. The van der Waals surface area contributed by atoms with Crippen LogP contribution in [-0.4, -0.2) is 17.6 Å². The zero-order valence-electron chi connectivity index (χ0n) is 6.71. The predicted octanol–water partition coefficient (Wildman–Crippen LogP) is 1.80. The van der Waals surface area contributed by atoms with Gasteiger partial charge in [-0.05, 0) is 12.8 Å². The molecule has 0 saturated carbocycles. The lowest BCUT2D eigenvalue weighted by Crippen LogP contribution is -2.08. The van der Waals surface area contributed by atoms with Crippen molar-refractivity contribution in [2.24, 2.45) is 5.92 Å². The lowest BCUT2D eigenvalue weighted by atomic mass is 10.0. The number of unbranched alkanes of at least 4 members (excludes halogenated alkanes) is 1. The zero-order chi connectivity index (χ0) is 8.69. The Labute approximate surface area is 66.9 Å². The largest absolute Gasteiger partial charge is 0.481 e. The average molecular weight is 155 g/mol. The summed E-state index contributed by atoms with van der Waals surface area (Å²) in [5.74, 6) is -1.01. The van der Waals surface area contributed by atoms with Crippen molar-refractivity contribution in [2.75, 3.05) is 6.54 Å². The molecule has 0 aliphatic carbocycles. The molecule has 3 nitrogen and oxygen atoms in total. The van der Waals surface area contributed by atoms with Crippen molar-refractivity contribution in [3.63, 3.8) is 0 Å². The number of carbonyl (C=O) groups is 1. The van der Waals surface area contributed by atoms with Crippen molar-refractivity contribution in [3.8, 4) is 0 Å². The van der Waals surface area contributed by atoms with Crippen LogP contribution in [-0.2, 0) is 4.79 Å². The zero-order valence-corrected chi connectivity index (χ0v) is 6.71. The monoisotopic (exact) mass is 155 g/mol. The SMILES string of the molecule is [C-]#[N+]CCCCC(C)C(=O)O. The minimum atomic E-state index is -0.743. The molecule has 0 fully saturated rings. The quantitative estimate of drug-likeness (QED) is 0.486. The maximum absolute atomic E-state index is 10.3. The third-order valence-corrected chi connectivity index (χ3v) is 1.58. The van der Waals surface area contributed by atoms with Gasteiger partial charge in [0.25, 0.3) is 0 Å². The molecule has 0 aromatic carbocycles. The van der Waals surface area contributed by atoms with E-state index in [2.05, 4.69) is 4.85 Å². The maximum atomic E-state index is 10.3. The molecule has 11 heavy (non-hydrogen) atoms. The fourth-order valence-electron chi connectivity index (χ4n) is 0.765. The van der Waals surface area contributed by atoms with Gasteiger partial charge in [0.1, 0.15) is 0 Å². The summed E-state index contributed by atoms with van der Waals surface area (Å²) in [6.45, 7) is 8.70. The summed E-state index contributed by atoms with van der Waals surface area (Å²) in [5.41, 5.74) is 0. The van der Waals surface area contributed by atoms with E-state index in [1.165, 1.54) is 0 Å². The molecular formula is C8H13NO2. The Kier molecular flexibility index (Phi) is 5.18. The highest BCUT2D eigenvalue weighted by molar-refractivity contribution is 5.69. The first-order valence-electron chi connectivity index (χ1n) is 3.74. The number of carboxylic acids is 1. The Balaban J connectivity index is 3.26. The summed E-state index contributed by atoms with van der Waals surface area (Å²) >= 11 is 0. The molecule has 0 amide bonds. The molecule has 3 heteroatoms. The second kappa shape index (κ2) is 5.72. The number of hydrogen-bond acceptors (Lipinski definition) is 1. The molecule has 62 valence electrons. The first kappa shape index (κ1) is 9.96. The van der Waals surface area contributed by atoms with Crippen molar-refractivity contribution in [2.45, 2.75) is 26.2 Å². The fraction of sp³-hybridized carbons (Fsp3) is 0.750. The second-order valence-electron chi connectivity index (χ2n) is 2.62. The van der Waals surface area contributed by atoms with Crippen LogP contribution in [0.25, 0.3) is 4.85 Å². The van der Waals surface area contributed by atoms with Gasteiger partial charge in [-0.2, -0.15) is 0 Å². The summed E-state index contributed by atoms with van der Waals surface area (Å²) in [5, 5.41) is 8.48. The molecule has 0 aliphatic heterocycles. The molecule has 0 saturated heterocycles. The first-order chi connectivity index (χ1) is 5.18. The molecule has 0 rings (SSSR count). The minimum absolute atomic E-state index is 0.263. The highest BCUT2D eigenvalue weighted by Gasteiger charge is 2.09. The Bertz CT molecular complexity index is 160. The molecule has 0 aliphatic rings. The van der Waals surface area contributed by atoms with E-state index in [0.717, 1.165) is 12.8 Å². The summed E-state index contributed by atoms with van der Waals surface area (Å²) in [6.07, 6.45) is 2.35. The molecule has 0 bridgehead atoms. The summed E-state index contributed by atoms with van der Waals surface area (Å²) in [6, 6.07) is 0. The van der Waals surface area contributed by atoms with Gasteiger partial charge in [0, 0.05) is 6.42 Å². The molecule has 0 aromatic rings. The molecule has 0 heterocycles. The average Bonchev–Trinajstić information content (AvgIpc) is 1.97. The minimum Gasteiger partial charge on any atom is -0.481 e. The molecule has 0 spiro atoms. The van der Waals surface area contributed by atoms with Crippen LogP contribution in [0.3, 0.4) is 0 Å². The van der Waals surface area contributed by atoms with E-state index in [0.29, 0.717) is 13.0 Å². The highest BCUT2D eigenvalue weighted by atomic mass is 16.4. The lowest BCUT2D eigenvalue weighted by Gasteiger charge is -2.02. The Morgan fingerprint density at radius 3 is 2.73 bits per heavy atom. The molecular weight excluding hydrogens is 142 g/mol. The Morgan fingerprint density at radius 2 is 2.27 bits per heavy atom. The van der Waals surface area contributed by atoms with Crippen LogP contribution in [0.2, 0.25) is 0 Å². The van der Waals surface area contributed by atoms with E-state index in [4.69, 9.17) is 11.7 Å². The van der Waals surface area contributed by atoms with Gasteiger partial charge < -0.3 is 9.95 Å². The molecule has 0 radical (unpaired) electrons. The van der Waals surface area contributed by atoms with Crippen molar-refractivity contribution in [1.29, 1.82) is 0 Å². The number of aliphatic carboxylic acids is 1. The third-order valence-electron chi connectivity index (χ3n) is 1.58. The third kappa shape index (κ3) is 5.41. The first-order valence-corrected chi connectivity index (χ1v) is 3.74. The van der Waals surface area contributed by atoms with Crippen LogP contribution < -0.4 is 0 Å². The molecule has 1 N–H and O–H groups in total. The van der Waals surface area contributed by atoms with Gasteiger partial charge in [-0.25, -0.2) is 6.57 Å². The summed E-state index contributed by atoms with van der Waals surface area (Å²) in [7, 11) is 0. The van der Waals surface area contributed by atoms with Crippen molar-refractivity contribution >= 4 is 5.97 Å². The predicted molar refractivity (Wildman–Crippen MR) is 42.1 cm³/mol. The molecule has 1 unspecified atom stereocenters. The van der Waals surface area contributed by atoms with E-state index < -0.39 is 5.97 Å². The van der Waals surface area contributed by atoms with Gasteiger partial charge in [0.2, 0.25) is 6.54 Å². The molecule has 1 atom stereocenters. The van der Waals surface area contributed by atoms with E-state index in [9.17, 15) is 4.79 Å². The van der Waals surface area contributed by atoms with E-state index >= 15 is 0 Å². The number of hydrogen-bond donors (Lipinski definition) is 1. The summed E-state index contributed by atoms with van der Waals surface area (Å²) < 4.78 is 0. The van der Waals surface area contributed by atoms with Gasteiger partial charge >= 0.3 is 5.97 Å². The van der Waals surface area contributed by atoms with Gasteiger partial charge in [-0.1, -0.05) is 6.92 Å². The summed E-state index contributed by atoms with van der Waals surface area (Å²) in [4.78, 5) is 13.5. The number of nitrogens with zero attached hydrogens (tertiary/aromatic N) is 1. The standard InChI is InChI=1S/C8H13NO2/c1-7(8(10)11)5-3-4-6-9-2/h7H,3-6H2,1H3,(H,10,11). The van der Waals surface area contributed by atoms with Gasteiger partial charge in [0.05, 0.1) is 5.92 Å². The van der Waals surface area contributed by atoms with Crippen molar-refractivity contribution in [1.82, 2.24) is 0 Å². The van der Waals surface area contributed by atoms with Crippen LogP contribution in [0.5, 0.6) is 0 Å². The van der Waals surface area contributed by atoms with E-state index in [-0.39, 0.29) is 5.92 Å². The Hall–Kier alpha value is -1.04. The van der Waals surface area contributed by atoms with Crippen molar-refractivity contribution in [3.05, 3.63) is 11.4 Å². The Morgan fingerprint density at radius 1 is 1.64 bits per heavy atom. The van der Waals surface area contributed by atoms with Crippen LogP contribution in [0.1, 0.15) is 26.2 Å². The highest BCUT2D eigenvalue weighted by Crippen LogP contribution is 2.07.